The molecule has 0 aromatic heterocycles. The van der Waals surface area contributed by atoms with Crippen molar-refractivity contribution in [2.45, 2.75) is 10.9 Å². The van der Waals surface area contributed by atoms with Crippen molar-refractivity contribution in [1.29, 1.82) is 0 Å². The van der Waals surface area contributed by atoms with Crippen molar-refractivity contribution in [1.82, 2.24) is 10.6 Å². The number of amides is 2. The van der Waals surface area contributed by atoms with Gasteiger partial charge in [-0.3, -0.25) is 0 Å². The summed E-state index contributed by atoms with van der Waals surface area (Å²) in [4.78, 5) is 24.7. The third-order valence-corrected chi connectivity index (χ3v) is 6.44. The van der Waals surface area contributed by atoms with E-state index in [1.165, 1.54) is 32.4 Å². The number of methoxy groups -OCH3 is 2. The molecule has 2 amide bonds. The molecule has 1 atom stereocenters. The van der Waals surface area contributed by atoms with Crippen molar-refractivity contribution in [2.24, 2.45) is 0 Å². The van der Waals surface area contributed by atoms with Crippen molar-refractivity contribution < 1.29 is 27.5 Å². The number of hydrogen-bond donors (Lipinski definition) is 2. The zero-order valence-corrected chi connectivity index (χ0v) is 17.7. The summed E-state index contributed by atoms with van der Waals surface area (Å²) in [6, 6.07) is 11.2. The molecular weight excluding hydrogens is 432 g/mol. The molecule has 0 spiro atoms. The third-order valence-electron chi connectivity index (χ3n) is 4.51. The number of sulfone groups is 1. The van der Waals surface area contributed by atoms with E-state index in [0.717, 1.165) is 0 Å². The van der Waals surface area contributed by atoms with Crippen molar-refractivity contribution in [2.75, 3.05) is 20.0 Å². The van der Waals surface area contributed by atoms with E-state index in [1.807, 2.05) is 0 Å². The molecule has 2 aromatic rings. The molecule has 0 bridgehead atoms. The number of ether oxygens (including phenoxy) is 2. The van der Waals surface area contributed by atoms with Crippen molar-refractivity contribution in [3.8, 4) is 5.75 Å². The zero-order chi connectivity index (χ0) is 21.9. The van der Waals surface area contributed by atoms with E-state index < -0.39 is 33.6 Å². The first-order valence-corrected chi connectivity index (χ1v) is 10.8. The van der Waals surface area contributed by atoms with Crippen LogP contribution in [0.1, 0.15) is 11.6 Å². The van der Waals surface area contributed by atoms with E-state index >= 15 is 0 Å². The molecule has 1 heterocycles. The molecule has 0 fully saturated rings. The SMILES string of the molecule is COC(=O)C1=C(CS(=O)(=O)c2ccc(OC)c(Cl)c2)NC(=O)N[C@H]1c1ccccc1. The molecule has 0 radical (unpaired) electrons. The Kier molecular flexibility index (Phi) is 6.33. The summed E-state index contributed by atoms with van der Waals surface area (Å²) in [5, 5.41) is 5.20. The maximum absolute atomic E-state index is 13.0. The van der Waals surface area contributed by atoms with Crippen LogP contribution in [0.15, 0.2) is 64.7 Å². The van der Waals surface area contributed by atoms with Crippen LogP contribution in [0.25, 0.3) is 0 Å². The number of rotatable bonds is 6. The predicted octanol–water partition coefficient (Wildman–Crippen LogP) is 2.60. The van der Waals surface area contributed by atoms with Crippen LogP contribution in [0.3, 0.4) is 0 Å². The summed E-state index contributed by atoms with van der Waals surface area (Å²) in [6.45, 7) is 0. The highest BCUT2D eigenvalue weighted by molar-refractivity contribution is 7.91. The standard InChI is InChI=1S/C20H19ClN2O6S/c1-28-16-9-8-13(10-14(16)21)30(26,27)11-15-17(19(24)29-2)18(23-20(25)22-15)12-6-4-3-5-7-12/h3-10,18H,11H2,1-2H3,(H2,22,23,25)/t18-/m0/s1. The van der Waals surface area contributed by atoms with Crippen LogP contribution >= 0.6 is 11.6 Å². The van der Waals surface area contributed by atoms with Gasteiger partial charge in [0.15, 0.2) is 9.84 Å². The lowest BCUT2D eigenvalue weighted by Crippen LogP contribution is -2.47. The van der Waals surface area contributed by atoms with Gasteiger partial charge < -0.3 is 20.1 Å². The average Bonchev–Trinajstić information content (AvgIpc) is 2.73. The summed E-state index contributed by atoms with van der Waals surface area (Å²) in [6.07, 6.45) is 0. The minimum absolute atomic E-state index is 0.00600. The van der Waals surface area contributed by atoms with Gasteiger partial charge in [-0.25, -0.2) is 18.0 Å². The molecule has 10 heteroatoms. The number of carbonyl (C=O) groups excluding carboxylic acids is 2. The lowest BCUT2D eigenvalue weighted by atomic mass is 9.96. The molecule has 0 aliphatic carbocycles. The minimum Gasteiger partial charge on any atom is -0.495 e. The second-order valence-corrected chi connectivity index (χ2v) is 8.78. The number of benzene rings is 2. The van der Waals surface area contributed by atoms with E-state index in [0.29, 0.717) is 11.3 Å². The van der Waals surface area contributed by atoms with E-state index in [-0.39, 0.29) is 21.2 Å². The normalized spacial score (nSPS) is 16.5. The fourth-order valence-corrected chi connectivity index (χ4v) is 4.76. The van der Waals surface area contributed by atoms with Gasteiger partial charge in [0, 0.05) is 5.70 Å². The molecule has 2 aromatic carbocycles. The fraction of sp³-hybridized carbons (Fsp3) is 0.200. The largest absolute Gasteiger partial charge is 0.495 e. The van der Waals surface area contributed by atoms with E-state index in [2.05, 4.69) is 10.6 Å². The molecule has 8 nitrogen and oxygen atoms in total. The van der Waals surface area contributed by atoms with Crippen LogP contribution in [-0.4, -0.2) is 40.4 Å². The smallest absolute Gasteiger partial charge is 0.338 e. The fourth-order valence-electron chi connectivity index (χ4n) is 3.09. The summed E-state index contributed by atoms with van der Waals surface area (Å²) in [5.74, 6) is -1.06. The van der Waals surface area contributed by atoms with Gasteiger partial charge in [0.1, 0.15) is 5.75 Å². The number of hydrogen-bond acceptors (Lipinski definition) is 6. The van der Waals surface area contributed by atoms with Crippen LogP contribution in [-0.2, 0) is 19.4 Å². The number of urea groups is 1. The first kappa shape index (κ1) is 21.7. The Bertz CT molecular complexity index is 1120. The highest BCUT2D eigenvalue weighted by atomic mass is 35.5. The van der Waals surface area contributed by atoms with Gasteiger partial charge in [-0.05, 0) is 23.8 Å². The third kappa shape index (κ3) is 4.42. The van der Waals surface area contributed by atoms with Crippen LogP contribution < -0.4 is 15.4 Å². The van der Waals surface area contributed by atoms with E-state index in [4.69, 9.17) is 21.1 Å². The molecule has 0 saturated heterocycles. The Morgan fingerprint density at radius 1 is 1.13 bits per heavy atom. The minimum atomic E-state index is -3.96. The second kappa shape index (κ2) is 8.76. The highest BCUT2D eigenvalue weighted by Gasteiger charge is 2.35. The molecular formula is C20H19ClN2O6S. The monoisotopic (exact) mass is 450 g/mol. The molecule has 3 rings (SSSR count). The first-order chi connectivity index (χ1) is 14.3. The van der Waals surface area contributed by atoms with Gasteiger partial charge >= 0.3 is 12.0 Å². The van der Waals surface area contributed by atoms with Gasteiger partial charge in [-0.1, -0.05) is 41.9 Å². The molecule has 30 heavy (non-hydrogen) atoms. The van der Waals surface area contributed by atoms with Crippen LogP contribution in [0.5, 0.6) is 5.75 Å². The number of carbonyl (C=O) groups is 2. The summed E-state index contributed by atoms with van der Waals surface area (Å²) in [5.41, 5.74) is 0.549. The van der Waals surface area contributed by atoms with E-state index in [9.17, 15) is 18.0 Å². The maximum Gasteiger partial charge on any atom is 0.338 e. The van der Waals surface area contributed by atoms with Gasteiger partial charge in [0.05, 0.1) is 41.5 Å². The second-order valence-electron chi connectivity index (χ2n) is 6.38. The first-order valence-electron chi connectivity index (χ1n) is 8.77. The van der Waals surface area contributed by atoms with Crippen molar-refractivity contribution in [3.05, 3.63) is 70.4 Å². The number of halogens is 1. The Balaban J connectivity index is 2.07. The Morgan fingerprint density at radius 3 is 2.43 bits per heavy atom. The van der Waals surface area contributed by atoms with Crippen LogP contribution in [0.2, 0.25) is 5.02 Å². The molecule has 2 N–H and O–H groups in total. The topological polar surface area (TPSA) is 111 Å². The summed E-state index contributed by atoms with van der Waals surface area (Å²) < 4.78 is 35.9. The number of nitrogens with one attached hydrogen (secondary N) is 2. The molecule has 1 aliphatic rings. The molecule has 0 saturated carbocycles. The van der Waals surface area contributed by atoms with Gasteiger partial charge in [-0.2, -0.15) is 0 Å². The maximum atomic E-state index is 13.0. The van der Waals surface area contributed by atoms with Crippen LogP contribution in [0, 0.1) is 0 Å². The summed E-state index contributed by atoms with van der Waals surface area (Å²) >= 11 is 6.05. The van der Waals surface area contributed by atoms with E-state index in [1.54, 1.807) is 30.3 Å². The molecule has 158 valence electrons. The van der Waals surface area contributed by atoms with Crippen LogP contribution in [0.4, 0.5) is 4.79 Å². The molecule has 0 unspecified atom stereocenters. The quantitative estimate of drug-likeness (QED) is 0.654. The van der Waals surface area contributed by atoms with Crippen molar-refractivity contribution in [3.63, 3.8) is 0 Å². The van der Waals surface area contributed by atoms with Gasteiger partial charge in [-0.15, -0.1) is 0 Å². The zero-order valence-electron chi connectivity index (χ0n) is 16.1. The molecule has 1 aliphatic heterocycles. The Hall–Kier alpha value is -3.04. The summed E-state index contributed by atoms with van der Waals surface area (Å²) in [7, 11) is -1.36. The lowest BCUT2D eigenvalue weighted by molar-refractivity contribution is -0.136. The lowest BCUT2D eigenvalue weighted by Gasteiger charge is -2.29. The van der Waals surface area contributed by atoms with Gasteiger partial charge in [0.25, 0.3) is 0 Å². The van der Waals surface area contributed by atoms with Crippen molar-refractivity contribution >= 4 is 33.4 Å². The predicted molar refractivity (Wildman–Crippen MR) is 110 cm³/mol. The Labute approximate surface area is 178 Å². The average molecular weight is 451 g/mol. The Morgan fingerprint density at radius 2 is 1.83 bits per heavy atom. The van der Waals surface area contributed by atoms with Gasteiger partial charge in [0.2, 0.25) is 0 Å². The number of esters is 1. The highest BCUT2D eigenvalue weighted by Crippen LogP contribution is 2.31.